The highest BCUT2D eigenvalue weighted by Gasteiger charge is 2.38. The Morgan fingerprint density at radius 3 is 2.21 bits per heavy atom. The van der Waals surface area contributed by atoms with Crippen LogP contribution in [0.15, 0.2) is 41.0 Å². The maximum atomic E-state index is 12.9. The molecular formula is C19H14N2O7. The van der Waals surface area contributed by atoms with E-state index in [4.69, 9.17) is 13.9 Å². The van der Waals surface area contributed by atoms with Crippen molar-refractivity contribution in [2.45, 2.75) is 0 Å². The zero-order chi connectivity index (χ0) is 20.0. The Labute approximate surface area is 158 Å². The average molecular weight is 382 g/mol. The minimum Gasteiger partial charge on any atom is -0.504 e. The van der Waals surface area contributed by atoms with E-state index in [-0.39, 0.29) is 33.8 Å². The molecule has 3 aromatic rings. The number of furan rings is 1. The van der Waals surface area contributed by atoms with Crippen molar-refractivity contribution in [3.05, 3.63) is 53.3 Å². The minimum absolute atomic E-state index is 0.0103. The molecule has 2 N–H and O–H groups in total. The number of hydrogen-bond acceptors (Lipinski definition) is 7. The summed E-state index contributed by atoms with van der Waals surface area (Å²) < 4.78 is 15.7. The van der Waals surface area contributed by atoms with Gasteiger partial charge in [-0.2, -0.15) is 5.01 Å². The molecule has 1 aromatic heterocycles. The maximum Gasteiger partial charge on any atom is 0.280 e. The number of rotatable bonds is 4. The van der Waals surface area contributed by atoms with Crippen LogP contribution >= 0.6 is 0 Å². The number of nitrogens with zero attached hydrogens (tertiary/aromatic N) is 1. The Balaban J connectivity index is 1.77. The fraction of sp³-hybridized carbons (Fsp3) is 0.105. The SMILES string of the molecule is COc1c(C(=O)NN2C(=O)c3ccccc3C2=O)c(O)c(OC)c2occc12. The van der Waals surface area contributed by atoms with Gasteiger partial charge in [0, 0.05) is 0 Å². The fourth-order valence-electron chi connectivity index (χ4n) is 3.19. The van der Waals surface area contributed by atoms with Crippen LogP contribution in [-0.4, -0.2) is 42.1 Å². The van der Waals surface area contributed by atoms with Gasteiger partial charge in [-0.25, -0.2) is 0 Å². The molecule has 2 heterocycles. The quantitative estimate of drug-likeness (QED) is 0.663. The second kappa shape index (κ2) is 6.31. The Hall–Kier alpha value is -4.01. The molecule has 0 saturated carbocycles. The summed E-state index contributed by atoms with van der Waals surface area (Å²) in [4.78, 5) is 37.8. The van der Waals surface area contributed by atoms with Crippen LogP contribution in [0, 0.1) is 0 Å². The van der Waals surface area contributed by atoms with Crippen molar-refractivity contribution in [2.24, 2.45) is 0 Å². The zero-order valence-electron chi connectivity index (χ0n) is 14.8. The first-order valence-corrected chi connectivity index (χ1v) is 8.12. The molecule has 0 spiro atoms. The lowest BCUT2D eigenvalue weighted by atomic mass is 10.1. The minimum atomic E-state index is -0.926. The van der Waals surface area contributed by atoms with E-state index < -0.39 is 23.5 Å². The lowest BCUT2D eigenvalue weighted by Crippen LogP contribution is -2.46. The molecule has 4 rings (SSSR count). The van der Waals surface area contributed by atoms with Crippen LogP contribution < -0.4 is 14.9 Å². The third-order valence-corrected chi connectivity index (χ3v) is 4.44. The highest BCUT2D eigenvalue weighted by molar-refractivity contribution is 6.22. The van der Waals surface area contributed by atoms with Gasteiger partial charge < -0.3 is 19.0 Å². The lowest BCUT2D eigenvalue weighted by molar-refractivity contribution is 0.0516. The number of phenolic OH excluding ortho intramolecular Hbond substituents is 1. The molecular weight excluding hydrogens is 368 g/mol. The van der Waals surface area contributed by atoms with Crippen molar-refractivity contribution in [2.75, 3.05) is 14.2 Å². The number of methoxy groups -OCH3 is 2. The summed E-state index contributed by atoms with van der Waals surface area (Å²) in [6, 6.07) is 7.74. The Morgan fingerprint density at radius 1 is 1.04 bits per heavy atom. The molecule has 0 saturated heterocycles. The van der Waals surface area contributed by atoms with Crippen LogP contribution in [0.3, 0.4) is 0 Å². The first-order valence-electron chi connectivity index (χ1n) is 8.12. The summed E-state index contributed by atoms with van der Waals surface area (Å²) in [6.07, 6.45) is 1.35. The molecule has 9 heteroatoms. The van der Waals surface area contributed by atoms with E-state index in [0.29, 0.717) is 10.4 Å². The van der Waals surface area contributed by atoms with Crippen molar-refractivity contribution in [1.82, 2.24) is 10.4 Å². The summed E-state index contributed by atoms with van der Waals surface area (Å²) in [5.41, 5.74) is 2.47. The number of imide groups is 1. The standard InChI is InChI=1S/C19H14N2O7/c1-26-14-11-7-8-28-15(11)16(27-2)13(22)12(14)17(23)20-21-18(24)9-5-3-4-6-10(9)19(21)25/h3-8,22H,1-2H3,(H,20,23). The van der Waals surface area contributed by atoms with E-state index in [0.717, 1.165) is 0 Å². The highest BCUT2D eigenvalue weighted by atomic mass is 16.5. The maximum absolute atomic E-state index is 12.9. The molecule has 1 aliphatic rings. The molecule has 0 bridgehead atoms. The van der Waals surface area contributed by atoms with E-state index in [1.807, 2.05) is 0 Å². The van der Waals surface area contributed by atoms with Crippen molar-refractivity contribution < 1.29 is 33.4 Å². The zero-order valence-corrected chi connectivity index (χ0v) is 14.8. The van der Waals surface area contributed by atoms with E-state index in [2.05, 4.69) is 5.43 Å². The molecule has 0 aliphatic carbocycles. The number of carbonyl (C=O) groups is 3. The number of phenols is 1. The van der Waals surface area contributed by atoms with E-state index in [1.54, 1.807) is 12.1 Å². The average Bonchev–Trinajstić information content (AvgIpc) is 3.27. The predicted molar refractivity (Wildman–Crippen MR) is 95.4 cm³/mol. The second-order valence-corrected chi connectivity index (χ2v) is 5.89. The molecule has 0 atom stereocenters. The van der Waals surface area contributed by atoms with Gasteiger partial charge >= 0.3 is 0 Å². The van der Waals surface area contributed by atoms with Gasteiger partial charge in [0.2, 0.25) is 5.75 Å². The van der Waals surface area contributed by atoms with Crippen LogP contribution in [-0.2, 0) is 0 Å². The van der Waals surface area contributed by atoms with Crippen LogP contribution in [0.25, 0.3) is 11.0 Å². The molecule has 0 unspecified atom stereocenters. The van der Waals surface area contributed by atoms with Crippen LogP contribution in [0.2, 0.25) is 0 Å². The highest BCUT2D eigenvalue weighted by Crippen LogP contribution is 2.45. The van der Waals surface area contributed by atoms with Crippen LogP contribution in [0.4, 0.5) is 0 Å². The summed E-state index contributed by atoms with van der Waals surface area (Å²) in [6.45, 7) is 0. The van der Waals surface area contributed by atoms with Gasteiger partial charge in [0.1, 0.15) is 11.3 Å². The third kappa shape index (κ3) is 2.29. The van der Waals surface area contributed by atoms with E-state index in [9.17, 15) is 19.5 Å². The normalized spacial score (nSPS) is 13.0. The van der Waals surface area contributed by atoms with Gasteiger partial charge in [-0.15, -0.1) is 0 Å². The second-order valence-electron chi connectivity index (χ2n) is 5.89. The molecule has 2 aromatic carbocycles. The third-order valence-electron chi connectivity index (χ3n) is 4.44. The van der Waals surface area contributed by atoms with Gasteiger partial charge in [-0.1, -0.05) is 12.1 Å². The Kier molecular flexibility index (Phi) is 3.92. The van der Waals surface area contributed by atoms with Crippen molar-refractivity contribution in [3.8, 4) is 17.2 Å². The molecule has 3 amide bonds. The van der Waals surface area contributed by atoms with E-state index in [1.165, 1.54) is 38.7 Å². The molecule has 9 nitrogen and oxygen atoms in total. The first-order chi connectivity index (χ1) is 13.5. The summed E-state index contributed by atoms with van der Waals surface area (Å²) >= 11 is 0. The number of carbonyl (C=O) groups excluding carboxylic acids is 3. The number of aromatic hydroxyl groups is 1. The van der Waals surface area contributed by atoms with E-state index >= 15 is 0 Å². The van der Waals surface area contributed by atoms with Gasteiger partial charge in [0.15, 0.2) is 11.3 Å². The number of benzene rings is 2. The monoisotopic (exact) mass is 382 g/mol. The van der Waals surface area contributed by atoms with Gasteiger partial charge in [-0.3, -0.25) is 19.8 Å². The van der Waals surface area contributed by atoms with Crippen molar-refractivity contribution >= 4 is 28.7 Å². The predicted octanol–water partition coefficient (Wildman–Crippen LogP) is 2.10. The molecule has 28 heavy (non-hydrogen) atoms. The number of ether oxygens (including phenoxy) is 2. The Morgan fingerprint density at radius 2 is 1.64 bits per heavy atom. The van der Waals surface area contributed by atoms with Gasteiger partial charge in [-0.05, 0) is 18.2 Å². The number of hydrazine groups is 1. The van der Waals surface area contributed by atoms with Gasteiger partial charge in [0.05, 0.1) is 37.0 Å². The molecule has 0 radical (unpaired) electrons. The van der Waals surface area contributed by atoms with Crippen LogP contribution in [0.1, 0.15) is 31.1 Å². The first kappa shape index (κ1) is 17.4. The number of fused-ring (bicyclic) bond motifs is 2. The molecule has 1 aliphatic heterocycles. The number of amides is 3. The largest absolute Gasteiger partial charge is 0.504 e. The molecule has 0 fully saturated rings. The van der Waals surface area contributed by atoms with Crippen molar-refractivity contribution in [1.29, 1.82) is 0 Å². The lowest BCUT2D eigenvalue weighted by Gasteiger charge is -2.18. The summed E-state index contributed by atoms with van der Waals surface area (Å²) in [5, 5.41) is 11.5. The summed E-state index contributed by atoms with van der Waals surface area (Å²) in [7, 11) is 2.61. The van der Waals surface area contributed by atoms with Crippen LogP contribution in [0.5, 0.6) is 17.2 Å². The van der Waals surface area contributed by atoms with Crippen molar-refractivity contribution in [3.63, 3.8) is 0 Å². The fourth-order valence-corrected chi connectivity index (χ4v) is 3.19. The smallest absolute Gasteiger partial charge is 0.280 e. The topological polar surface area (TPSA) is 118 Å². The van der Waals surface area contributed by atoms with Gasteiger partial charge in [0.25, 0.3) is 17.7 Å². The summed E-state index contributed by atoms with van der Waals surface area (Å²) in [5.74, 6) is -2.89. The number of nitrogens with one attached hydrogen (secondary N) is 1. The molecule has 142 valence electrons. The number of hydrogen-bond donors (Lipinski definition) is 2. The Bertz CT molecular complexity index is 1110.